The van der Waals surface area contributed by atoms with Crippen LogP contribution >= 0.6 is 0 Å². The highest BCUT2D eigenvalue weighted by Crippen LogP contribution is 2.25. The Hall–Kier alpha value is -1.21. The summed E-state index contributed by atoms with van der Waals surface area (Å²) in [5.74, 6) is -0.500. The lowest BCUT2D eigenvalue weighted by atomic mass is 10.0. The maximum Gasteiger partial charge on any atom is 0.303 e. The highest BCUT2D eigenvalue weighted by atomic mass is 16.7. The zero-order valence-corrected chi connectivity index (χ0v) is 10.1. The monoisotopic (exact) mass is 247 g/mol. The van der Waals surface area contributed by atoms with E-state index in [1.165, 1.54) is 6.92 Å². The molecule has 0 aromatic heterocycles. The third-order valence-electron chi connectivity index (χ3n) is 2.59. The van der Waals surface area contributed by atoms with Crippen LogP contribution in [0.5, 0.6) is 0 Å². The standard InChI is InChI=1S/C10H17NO6/c1-4-15-10-9(17-7(3)12)5-8(11(13)14)6(2)16-10/h6,8-10H,4-5H2,1-3H3/t6-,8+,9-,10-/m0/s1. The fourth-order valence-corrected chi connectivity index (χ4v) is 1.82. The molecule has 0 spiro atoms. The van der Waals surface area contributed by atoms with Crippen LogP contribution in [0.1, 0.15) is 27.2 Å². The molecule has 1 heterocycles. The first-order valence-corrected chi connectivity index (χ1v) is 5.53. The lowest BCUT2D eigenvalue weighted by Gasteiger charge is -2.35. The molecule has 0 radical (unpaired) electrons. The van der Waals surface area contributed by atoms with Crippen molar-refractivity contribution in [1.82, 2.24) is 0 Å². The van der Waals surface area contributed by atoms with Crippen molar-refractivity contribution in [3.8, 4) is 0 Å². The Labute approximate surface area is 99.2 Å². The van der Waals surface area contributed by atoms with Crippen molar-refractivity contribution in [2.24, 2.45) is 0 Å². The number of carbonyl (C=O) groups excluding carboxylic acids is 1. The predicted octanol–water partition coefficient (Wildman–Crippen LogP) is 0.735. The average Bonchev–Trinajstić information content (AvgIpc) is 2.21. The minimum Gasteiger partial charge on any atom is -0.457 e. The summed E-state index contributed by atoms with van der Waals surface area (Å²) in [5.41, 5.74) is 0. The lowest BCUT2D eigenvalue weighted by Crippen LogP contribution is -2.51. The minimum absolute atomic E-state index is 0.110. The Morgan fingerprint density at radius 1 is 1.59 bits per heavy atom. The third kappa shape index (κ3) is 3.64. The van der Waals surface area contributed by atoms with E-state index in [0.29, 0.717) is 6.61 Å². The molecule has 0 bridgehead atoms. The highest BCUT2D eigenvalue weighted by molar-refractivity contribution is 5.66. The van der Waals surface area contributed by atoms with Gasteiger partial charge in [-0.1, -0.05) is 0 Å². The molecule has 1 rings (SSSR count). The second-order valence-electron chi connectivity index (χ2n) is 3.90. The Morgan fingerprint density at radius 2 is 2.24 bits per heavy atom. The van der Waals surface area contributed by atoms with Crippen LogP contribution in [0, 0.1) is 10.1 Å². The van der Waals surface area contributed by atoms with E-state index in [9.17, 15) is 14.9 Å². The summed E-state index contributed by atoms with van der Waals surface area (Å²) in [6.45, 7) is 5.03. The van der Waals surface area contributed by atoms with Gasteiger partial charge in [0.05, 0.1) is 6.42 Å². The van der Waals surface area contributed by atoms with Crippen LogP contribution in [0.15, 0.2) is 0 Å². The molecule has 98 valence electrons. The van der Waals surface area contributed by atoms with Crippen molar-refractivity contribution in [1.29, 1.82) is 0 Å². The van der Waals surface area contributed by atoms with Gasteiger partial charge < -0.3 is 14.2 Å². The number of hydrogen-bond donors (Lipinski definition) is 0. The van der Waals surface area contributed by atoms with E-state index in [1.807, 2.05) is 0 Å². The zero-order valence-electron chi connectivity index (χ0n) is 10.1. The van der Waals surface area contributed by atoms with Gasteiger partial charge in [-0.3, -0.25) is 14.9 Å². The molecule has 0 saturated carbocycles. The van der Waals surface area contributed by atoms with Gasteiger partial charge >= 0.3 is 5.97 Å². The van der Waals surface area contributed by atoms with Gasteiger partial charge in [-0.15, -0.1) is 0 Å². The number of hydrogen-bond acceptors (Lipinski definition) is 6. The van der Waals surface area contributed by atoms with Gasteiger partial charge in [0.1, 0.15) is 6.10 Å². The molecule has 4 atom stereocenters. The average molecular weight is 247 g/mol. The van der Waals surface area contributed by atoms with Gasteiger partial charge in [0, 0.05) is 18.5 Å². The number of carbonyl (C=O) groups is 1. The van der Waals surface area contributed by atoms with E-state index >= 15 is 0 Å². The molecule has 7 nitrogen and oxygen atoms in total. The van der Waals surface area contributed by atoms with E-state index in [1.54, 1.807) is 13.8 Å². The van der Waals surface area contributed by atoms with E-state index in [2.05, 4.69) is 0 Å². The van der Waals surface area contributed by atoms with Crippen LogP contribution in [0.3, 0.4) is 0 Å². The van der Waals surface area contributed by atoms with Crippen molar-refractivity contribution in [2.75, 3.05) is 6.61 Å². The molecule has 7 heteroatoms. The molecule has 0 amide bonds. The van der Waals surface area contributed by atoms with Crippen LogP contribution in [-0.2, 0) is 19.0 Å². The van der Waals surface area contributed by atoms with Crippen LogP contribution < -0.4 is 0 Å². The summed E-state index contributed by atoms with van der Waals surface area (Å²) in [5, 5.41) is 10.8. The topological polar surface area (TPSA) is 87.9 Å². The summed E-state index contributed by atoms with van der Waals surface area (Å²) < 4.78 is 15.6. The maximum atomic E-state index is 10.9. The first-order valence-electron chi connectivity index (χ1n) is 5.53. The smallest absolute Gasteiger partial charge is 0.303 e. The normalized spacial score (nSPS) is 33.1. The third-order valence-corrected chi connectivity index (χ3v) is 2.59. The van der Waals surface area contributed by atoms with E-state index < -0.39 is 35.4 Å². The molecule has 0 aliphatic carbocycles. The van der Waals surface area contributed by atoms with Crippen molar-refractivity contribution in [3.05, 3.63) is 10.1 Å². The molecule has 1 saturated heterocycles. The largest absolute Gasteiger partial charge is 0.457 e. The van der Waals surface area contributed by atoms with E-state index in [-0.39, 0.29) is 6.42 Å². The number of ether oxygens (including phenoxy) is 3. The summed E-state index contributed by atoms with van der Waals surface area (Å²) in [4.78, 5) is 21.3. The zero-order chi connectivity index (χ0) is 13.0. The molecule has 1 fully saturated rings. The molecule has 1 aliphatic rings. The van der Waals surface area contributed by atoms with Gasteiger partial charge in [-0.2, -0.15) is 0 Å². The molecular weight excluding hydrogens is 230 g/mol. The lowest BCUT2D eigenvalue weighted by molar-refractivity contribution is -0.548. The Kier molecular flexibility index (Phi) is 4.83. The first kappa shape index (κ1) is 13.9. The van der Waals surface area contributed by atoms with Gasteiger partial charge in [0.15, 0.2) is 12.4 Å². The summed E-state index contributed by atoms with van der Waals surface area (Å²) in [6.07, 6.45) is -1.90. The predicted molar refractivity (Wildman–Crippen MR) is 56.9 cm³/mol. The Balaban J connectivity index is 2.73. The first-order chi connectivity index (χ1) is 7.95. The Bertz CT molecular complexity index is 295. The van der Waals surface area contributed by atoms with Gasteiger partial charge in [-0.05, 0) is 13.8 Å². The second kappa shape index (κ2) is 5.92. The summed E-state index contributed by atoms with van der Waals surface area (Å²) >= 11 is 0. The second-order valence-corrected chi connectivity index (χ2v) is 3.90. The molecule has 1 aliphatic heterocycles. The molecule has 0 aromatic rings. The van der Waals surface area contributed by atoms with E-state index in [0.717, 1.165) is 0 Å². The maximum absolute atomic E-state index is 10.9. The van der Waals surface area contributed by atoms with Crippen LogP contribution in [0.25, 0.3) is 0 Å². The van der Waals surface area contributed by atoms with Crippen molar-refractivity contribution in [2.45, 2.75) is 51.7 Å². The molecular formula is C10H17NO6. The van der Waals surface area contributed by atoms with Gasteiger partial charge in [0.2, 0.25) is 6.04 Å². The number of rotatable bonds is 4. The fourth-order valence-electron chi connectivity index (χ4n) is 1.82. The van der Waals surface area contributed by atoms with Crippen LogP contribution in [0.2, 0.25) is 0 Å². The summed E-state index contributed by atoms with van der Waals surface area (Å²) in [6, 6.07) is -0.879. The highest BCUT2D eigenvalue weighted by Gasteiger charge is 2.44. The van der Waals surface area contributed by atoms with Crippen molar-refractivity contribution < 1.29 is 23.9 Å². The number of nitrogens with zero attached hydrogens (tertiary/aromatic N) is 1. The Morgan fingerprint density at radius 3 is 2.71 bits per heavy atom. The number of nitro groups is 1. The quantitative estimate of drug-likeness (QED) is 0.413. The minimum atomic E-state index is -0.879. The number of esters is 1. The van der Waals surface area contributed by atoms with Gasteiger partial charge in [-0.25, -0.2) is 0 Å². The van der Waals surface area contributed by atoms with Crippen molar-refractivity contribution >= 4 is 5.97 Å². The molecule has 17 heavy (non-hydrogen) atoms. The molecule has 0 N–H and O–H groups in total. The molecule has 0 unspecified atom stereocenters. The van der Waals surface area contributed by atoms with Crippen LogP contribution in [-0.4, -0.2) is 42.0 Å². The molecule has 0 aromatic carbocycles. The summed E-state index contributed by atoms with van der Waals surface area (Å²) in [7, 11) is 0. The van der Waals surface area contributed by atoms with Crippen LogP contribution in [0.4, 0.5) is 0 Å². The SMILES string of the molecule is CCO[C@H]1O[C@@H](C)[C@H]([N+](=O)[O-])C[C@@H]1OC(C)=O. The van der Waals surface area contributed by atoms with Crippen molar-refractivity contribution in [3.63, 3.8) is 0 Å². The van der Waals surface area contributed by atoms with Gasteiger partial charge in [0.25, 0.3) is 0 Å². The fraction of sp³-hybridized carbons (Fsp3) is 0.900. The van der Waals surface area contributed by atoms with E-state index in [4.69, 9.17) is 14.2 Å².